The first-order valence-electron chi connectivity index (χ1n) is 5.68. The SMILES string of the molecule is O=C1CNC(C(=O)NCc2ccccc2F)CN1. The van der Waals surface area contributed by atoms with Crippen molar-refractivity contribution in [3.05, 3.63) is 35.6 Å². The van der Waals surface area contributed by atoms with E-state index < -0.39 is 6.04 Å². The van der Waals surface area contributed by atoms with Crippen LogP contribution in [0.3, 0.4) is 0 Å². The smallest absolute Gasteiger partial charge is 0.239 e. The topological polar surface area (TPSA) is 70.2 Å². The van der Waals surface area contributed by atoms with E-state index in [0.29, 0.717) is 5.56 Å². The molecule has 2 amide bonds. The van der Waals surface area contributed by atoms with E-state index in [1.54, 1.807) is 18.2 Å². The van der Waals surface area contributed by atoms with Gasteiger partial charge in [-0.15, -0.1) is 0 Å². The number of halogens is 1. The van der Waals surface area contributed by atoms with Gasteiger partial charge < -0.3 is 10.6 Å². The third kappa shape index (κ3) is 3.04. The zero-order chi connectivity index (χ0) is 13.0. The monoisotopic (exact) mass is 251 g/mol. The lowest BCUT2D eigenvalue weighted by molar-refractivity contribution is -0.126. The standard InChI is InChI=1S/C12H14FN3O2/c13-9-4-2-1-3-8(9)5-16-12(18)10-6-15-11(17)7-14-10/h1-4,10,14H,5-7H2,(H,15,17)(H,16,18). The molecule has 0 aromatic heterocycles. The first-order valence-corrected chi connectivity index (χ1v) is 5.68. The number of carbonyl (C=O) groups is 2. The van der Waals surface area contributed by atoms with Crippen molar-refractivity contribution >= 4 is 11.8 Å². The van der Waals surface area contributed by atoms with Crippen molar-refractivity contribution in [3.8, 4) is 0 Å². The normalized spacial score (nSPS) is 19.2. The number of benzene rings is 1. The van der Waals surface area contributed by atoms with E-state index in [2.05, 4.69) is 16.0 Å². The van der Waals surface area contributed by atoms with Gasteiger partial charge in [0.1, 0.15) is 11.9 Å². The fourth-order valence-corrected chi connectivity index (χ4v) is 1.70. The molecule has 18 heavy (non-hydrogen) atoms. The summed E-state index contributed by atoms with van der Waals surface area (Å²) in [4.78, 5) is 22.6. The molecule has 1 aliphatic heterocycles. The Kier molecular flexibility index (Phi) is 3.88. The highest BCUT2D eigenvalue weighted by Crippen LogP contribution is 2.05. The van der Waals surface area contributed by atoms with Gasteiger partial charge in [-0.3, -0.25) is 14.9 Å². The van der Waals surface area contributed by atoms with Crippen molar-refractivity contribution < 1.29 is 14.0 Å². The van der Waals surface area contributed by atoms with Crippen molar-refractivity contribution in [2.45, 2.75) is 12.6 Å². The van der Waals surface area contributed by atoms with Crippen LogP contribution in [-0.4, -0.2) is 30.9 Å². The molecule has 1 aromatic carbocycles. The Morgan fingerprint density at radius 3 is 2.89 bits per heavy atom. The average molecular weight is 251 g/mol. The van der Waals surface area contributed by atoms with Gasteiger partial charge in [0, 0.05) is 18.7 Å². The van der Waals surface area contributed by atoms with Crippen LogP contribution in [0.15, 0.2) is 24.3 Å². The van der Waals surface area contributed by atoms with E-state index in [1.165, 1.54) is 6.07 Å². The molecule has 0 bridgehead atoms. The molecule has 96 valence electrons. The molecular formula is C12H14FN3O2. The molecule has 1 saturated heterocycles. The van der Waals surface area contributed by atoms with Gasteiger partial charge in [0.25, 0.3) is 0 Å². The van der Waals surface area contributed by atoms with E-state index in [9.17, 15) is 14.0 Å². The molecule has 1 aromatic rings. The summed E-state index contributed by atoms with van der Waals surface area (Å²) in [5.74, 6) is -0.728. The highest BCUT2D eigenvalue weighted by atomic mass is 19.1. The number of hydrogen-bond donors (Lipinski definition) is 3. The van der Waals surface area contributed by atoms with Gasteiger partial charge in [-0.05, 0) is 6.07 Å². The summed E-state index contributed by atoms with van der Waals surface area (Å²) in [5.41, 5.74) is 0.436. The molecule has 1 unspecified atom stereocenters. The summed E-state index contributed by atoms with van der Waals surface area (Å²) in [7, 11) is 0. The second-order valence-electron chi connectivity index (χ2n) is 4.05. The summed E-state index contributed by atoms with van der Waals surface area (Å²) >= 11 is 0. The first-order chi connectivity index (χ1) is 8.66. The number of carbonyl (C=O) groups excluding carboxylic acids is 2. The molecule has 5 nitrogen and oxygen atoms in total. The number of nitrogens with one attached hydrogen (secondary N) is 3. The van der Waals surface area contributed by atoms with E-state index >= 15 is 0 Å². The summed E-state index contributed by atoms with van der Waals surface area (Å²) in [6.07, 6.45) is 0. The van der Waals surface area contributed by atoms with E-state index in [0.717, 1.165) is 0 Å². The number of piperazine rings is 1. The minimum absolute atomic E-state index is 0.123. The van der Waals surface area contributed by atoms with Gasteiger partial charge in [-0.1, -0.05) is 18.2 Å². The Bertz CT molecular complexity index is 454. The molecule has 0 spiro atoms. The molecule has 3 N–H and O–H groups in total. The number of rotatable bonds is 3. The Morgan fingerprint density at radius 1 is 1.44 bits per heavy atom. The lowest BCUT2D eigenvalue weighted by Gasteiger charge is -2.23. The predicted molar refractivity (Wildman–Crippen MR) is 63.0 cm³/mol. The molecule has 1 fully saturated rings. The predicted octanol–water partition coefficient (Wildman–Crippen LogP) is -0.470. The van der Waals surface area contributed by atoms with E-state index in [4.69, 9.17) is 0 Å². The Hall–Kier alpha value is -1.95. The molecule has 1 atom stereocenters. The van der Waals surface area contributed by atoms with E-state index in [1.807, 2.05) is 0 Å². The minimum Gasteiger partial charge on any atom is -0.353 e. The fraction of sp³-hybridized carbons (Fsp3) is 0.333. The van der Waals surface area contributed by atoms with Gasteiger partial charge in [0.05, 0.1) is 6.54 Å². The molecule has 0 saturated carbocycles. The lowest BCUT2D eigenvalue weighted by atomic mass is 10.2. The van der Waals surface area contributed by atoms with Crippen LogP contribution in [0.25, 0.3) is 0 Å². The van der Waals surface area contributed by atoms with Gasteiger partial charge in [0.15, 0.2) is 0 Å². The maximum absolute atomic E-state index is 13.3. The molecule has 6 heteroatoms. The highest BCUT2D eigenvalue weighted by Gasteiger charge is 2.23. The van der Waals surface area contributed by atoms with Gasteiger partial charge in [-0.2, -0.15) is 0 Å². The lowest BCUT2D eigenvalue weighted by Crippen LogP contribution is -2.57. The van der Waals surface area contributed by atoms with E-state index in [-0.39, 0.29) is 37.3 Å². The second-order valence-corrected chi connectivity index (χ2v) is 4.05. The second kappa shape index (κ2) is 5.59. The van der Waals surface area contributed by atoms with Crippen molar-refractivity contribution in [2.75, 3.05) is 13.1 Å². The maximum Gasteiger partial charge on any atom is 0.239 e. The van der Waals surface area contributed by atoms with Gasteiger partial charge in [-0.25, -0.2) is 4.39 Å². The molecule has 2 rings (SSSR count). The Balaban J connectivity index is 1.85. The third-order valence-electron chi connectivity index (χ3n) is 2.74. The maximum atomic E-state index is 13.3. The molecule has 0 aliphatic carbocycles. The van der Waals surface area contributed by atoms with Crippen molar-refractivity contribution in [1.82, 2.24) is 16.0 Å². The van der Waals surface area contributed by atoms with Crippen LogP contribution in [-0.2, 0) is 16.1 Å². The van der Waals surface area contributed by atoms with Crippen molar-refractivity contribution in [3.63, 3.8) is 0 Å². The number of amides is 2. The fourth-order valence-electron chi connectivity index (χ4n) is 1.70. The van der Waals surface area contributed by atoms with Crippen LogP contribution < -0.4 is 16.0 Å². The zero-order valence-electron chi connectivity index (χ0n) is 9.70. The van der Waals surface area contributed by atoms with Crippen LogP contribution >= 0.6 is 0 Å². The van der Waals surface area contributed by atoms with Crippen LogP contribution in [0.4, 0.5) is 4.39 Å². The summed E-state index contributed by atoms with van der Waals surface area (Å²) in [5, 5.41) is 8.02. The third-order valence-corrected chi connectivity index (χ3v) is 2.74. The Morgan fingerprint density at radius 2 is 2.22 bits per heavy atom. The molecular weight excluding hydrogens is 237 g/mol. The summed E-state index contributed by atoms with van der Waals surface area (Å²) in [6, 6.07) is 5.81. The Labute approximate surface area is 104 Å². The average Bonchev–Trinajstić information content (AvgIpc) is 2.38. The van der Waals surface area contributed by atoms with Crippen LogP contribution in [0.2, 0.25) is 0 Å². The molecule has 1 aliphatic rings. The van der Waals surface area contributed by atoms with Crippen LogP contribution in [0, 0.1) is 5.82 Å². The largest absolute Gasteiger partial charge is 0.353 e. The van der Waals surface area contributed by atoms with Gasteiger partial charge in [0.2, 0.25) is 11.8 Å². The number of hydrogen-bond acceptors (Lipinski definition) is 3. The molecule has 1 heterocycles. The van der Waals surface area contributed by atoms with Gasteiger partial charge >= 0.3 is 0 Å². The molecule has 0 radical (unpaired) electrons. The van der Waals surface area contributed by atoms with Crippen LogP contribution in [0.1, 0.15) is 5.56 Å². The van der Waals surface area contributed by atoms with Crippen LogP contribution in [0.5, 0.6) is 0 Å². The minimum atomic E-state index is -0.463. The summed E-state index contributed by atoms with van der Waals surface area (Å²) in [6.45, 7) is 0.511. The highest BCUT2D eigenvalue weighted by molar-refractivity contribution is 5.86. The zero-order valence-corrected chi connectivity index (χ0v) is 9.70. The van der Waals surface area contributed by atoms with Crippen molar-refractivity contribution in [2.24, 2.45) is 0 Å². The first kappa shape index (κ1) is 12.5. The quantitative estimate of drug-likeness (QED) is 0.680. The summed E-state index contributed by atoms with van der Waals surface area (Å²) < 4.78 is 13.3. The van der Waals surface area contributed by atoms with Crippen molar-refractivity contribution in [1.29, 1.82) is 0 Å².